The van der Waals surface area contributed by atoms with Gasteiger partial charge in [0.1, 0.15) is 0 Å². The number of carbonyl (C=O) groups is 1. The van der Waals surface area contributed by atoms with Crippen LogP contribution in [0.4, 0.5) is 0 Å². The molecule has 0 radical (unpaired) electrons. The highest BCUT2D eigenvalue weighted by Crippen LogP contribution is 2.27. The first-order valence-electron chi connectivity index (χ1n) is 6.56. The number of nitrogens with one attached hydrogen (secondary N) is 1. The van der Waals surface area contributed by atoms with E-state index in [1.807, 2.05) is 32.9 Å². The molecule has 0 bridgehead atoms. The van der Waals surface area contributed by atoms with E-state index in [-0.39, 0.29) is 10.7 Å². The van der Waals surface area contributed by atoms with Crippen molar-refractivity contribution in [3.63, 3.8) is 0 Å². The Labute approximate surface area is 119 Å². The van der Waals surface area contributed by atoms with Crippen LogP contribution < -0.4 is 5.32 Å². The number of carbonyl (C=O) groups excluding carboxylic acids is 1. The topological polar surface area (TPSA) is 29.1 Å². The lowest BCUT2D eigenvalue weighted by Crippen LogP contribution is -2.28. The van der Waals surface area contributed by atoms with Crippen molar-refractivity contribution in [1.29, 1.82) is 0 Å². The minimum atomic E-state index is -0.0847. The van der Waals surface area contributed by atoms with Crippen LogP contribution >= 0.6 is 15.9 Å². The molecule has 1 aliphatic heterocycles. The fourth-order valence-electron chi connectivity index (χ4n) is 1.91. The zero-order valence-corrected chi connectivity index (χ0v) is 13.2. The molecule has 1 aliphatic rings. The van der Waals surface area contributed by atoms with E-state index in [0.29, 0.717) is 5.92 Å². The van der Waals surface area contributed by atoms with Crippen molar-refractivity contribution >= 4 is 21.8 Å². The summed E-state index contributed by atoms with van der Waals surface area (Å²) >= 11 is 3.43. The molecular weight excluding hydrogens is 290 g/mol. The first-order valence-corrected chi connectivity index (χ1v) is 7.47. The van der Waals surface area contributed by atoms with Crippen LogP contribution in [0.15, 0.2) is 36.5 Å². The van der Waals surface area contributed by atoms with Gasteiger partial charge in [0.05, 0.1) is 4.83 Å². The van der Waals surface area contributed by atoms with Crippen LogP contribution in [0.25, 0.3) is 0 Å². The predicted octanol–water partition coefficient (Wildman–Crippen LogP) is 3.99. The Balaban J connectivity index is 0.00000137. The number of hydrogen-bond donors (Lipinski definition) is 1. The van der Waals surface area contributed by atoms with E-state index >= 15 is 0 Å². The molecule has 0 saturated carbocycles. The molecular formula is C15H24BrNO. The van der Waals surface area contributed by atoms with E-state index in [0.717, 1.165) is 19.4 Å². The van der Waals surface area contributed by atoms with Crippen molar-refractivity contribution < 1.29 is 4.79 Å². The molecule has 0 spiro atoms. The number of hydrogen-bond acceptors (Lipinski definition) is 1. The standard InChI is InChI=1S/C13H18BrNO.C2H6/c1-3-5-10(6-4-2)11-7-8-15-13(16)12(14)9-11;1-2/h3-6,11-12H,1,7-9H2,2H3,(H,15,16);1-2H3/b6-4-,10-5+;. The molecule has 0 aromatic rings. The lowest BCUT2D eigenvalue weighted by molar-refractivity contribution is -0.120. The maximum absolute atomic E-state index is 11.5. The van der Waals surface area contributed by atoms with Crippen molar-refractivity contribution in [3.05, 3.63) is 36.5 Å². The summed E-state index contributed by atoms with van der Waals surface area (Å²) in [5, 5.41) is 2.90. The molecule has 1 N–H and O–H groups in total. The van der Waals surface area contributed by atoms with Crippen molar-refractivity contribution in [3.8, 4) is 0 Å². The van der Waals surface area contributed by atoms with E-state index in [2.05, 4.69) is 33.9 Å². The number of alkyl halides is 1. The number of halogens is 1. The van der Waals surface area contributed by atoms with Crippen LogP contribution in [0.2, 0.25) is 0 Å². The summed E-state index contributed by atoms with van der Waals surface area (Å²) in [4.78, 5) is 11.4. The summed E-state index contributed by atoms with van der Waals surface area (Å²) in [5.74, 6) is 0.512. The van der Waals surface area contributed by atoms with Gasteiger partial charge in [0.25, 0.3) is 0 Å². The quantitative estimate of drug-likeness (QED) is 0.619. The average Bonchev–Trinajstić information content (AvgIpc) is 2.54. The lowest BCUT2D eigenvalue weighted by atomic mass is 9.91. The zero-order valence-electron chi connectivity index (χ0n) is 11.6. The Hall–Kier alpha value is -0.830. The molecule has 1 rings (SSSR count). The monoisotopic (exact) mass is 313 g/mol. The van der Waals surface area contributed by atoms with Gasteiger partial charge < -0.3 is 5.32 Å². The van der Waals surface area contributed by atoms with Gasteiger partial charge >= 0.3 is 0 Å². The van der Waals surface area contributed by atoms with Gasteiger partial charge in [-0.1, -0.05) is 60.7 Å². The number of rotatable bonds is 3. The van der Waals surface area contributed by atoms with Crippen LogP contribution in [-0.4, -0.2) is 17.3 Å². The molecule has 0 aromatic carbocycles. The van der Waals surface area contributed by atoms with Crippen LogP contribution in [0.1, 0.15) is 33.6 Å². The molecule has 2 atom stereocenters. The van der Waals surface area contributed by atoms with Crippen molar-refractivity contribution in [2.24, 2.45) is 5.92 Å². The normalized spacial score (nSPS) is 24.9. The van der Waals surface area contributed by atoms with E-state index in [4.69, 9.17) is 0 Å². The summed E-state index contributed by atoms with van der Waals surface area (Å²) in [6.07, 6.45) is 9.78. The van der Waals surface area contributed by atoms with Gasteiger partial charge in [-0.15, -0.1) is 0 Å². The third-order valence-corrected chi connectivity index (χ3v) is 3.50. The smallest absolute Gasteiger partial charge is 0.233 e. The molecule has 1 saturated heterocycles. The van der Waals surface area contributed by atoms with Crippen LogP contribution in [0.3, 0.4) is 0 Å². The SMILES string of the molecule is C=C/C=C(\C=C/C)C1CCNC(=O)C(Br)C1.CC. The van der Waals surface area contributed by atoms with Gasteiger partial charge in [0.15, 0.2) is 0 Å². The molecule has 2 unspecified atom stereocenters. The predicted molar refractivity (Wildman–Crippen MR) is 82.9 cm³/mol. The second kappa shape index (κ2) is 10.1. The lowest BCUT2D eigenvalue weighted by Gasteiger charge is -2.16. The van der Waals surface area contributed by atoms with Crippen molar-refractivity contribution in [2.75, 3.05) is 6.54 Å². The van der Waals surface area contributed by atoms with Gasteiger partial charge in [-0.3, -0.25) is 4.79 Å². The minimum Gasteiger partial charge on any atom is -0.355 e. The van der Waals surface area contributed by atoms with Crippen LogP contribution in [-0.2, 0) is 4.79 Å². The molecule has 2 nitrogen and oxygen atoms in total. The van der Waals surface area contributed by atoms with Gasteiger partial charge in [-0.05, 0) is 31.3 Å². The first-order chi connectivity index (χ1) is 8.69. The third kappa shape index (κ3) is 5.67. The summed E-state index contributed by atoms with van der Waals surface area (Å²) < 4.78 is 0. The van der Waals surface area contributed by atoms with E-state index in [9.17, 15) is 4.79 Å². The maximum Gasteiger partial charge on any atom is 0.233 e. The Morgan fingerprint density at radius 1 is 1.50 bits per heavy atom. The third-order valence-electron chi connectivity index (χ3n) is 2.71. The first kappa shape index (κ1) is 17.2. The minimum absolute atomic E-state index is 0.0847. The number of allylic oxidation sites excluding steroid dienone is 5. The molecule has 18 heavy (non-hydrogen) atoms. The van der Waals surface area contributed by atoms with Gasteiger partial charge in [-0.2, -0.15) is 0 Å². The Bertz CT molecular complexity index is 320. The molecule has 1 amide bonds. The number of amides is 1. The summed E-state index contributed by atoms with van der Waals surface area (Å²) in [5.41, 5.74) is 1.25. The molecule has 0 aliphatic carbocycles. The maximum atomic E-state index is 11.5. The fourth-order valence-corrected chi connectivity index (χ4v) is 2.53. The van der Waals surface area contributed by atoms with E-state index in [1.165, 1.54) is 5.57 Å². The Morgan fingerprint density at radius 2 is 2.17 bits per heavy atom. The van der Waals surface area contributed by atoms with E-state index in [1.54, 1.807) is 6.08 Å². The highest BCUT2D eigenvalue weighted by molar-refractivity contribution is 9.10. The Kier molecular flexibility index (Phi) is 9.66. The zero-order chi connectivity index (χ0) is 14.0. The highest BCUT2D eigenvalue weighted by atomic mass is 79.9. The van der Waals surface area contributed by atoms with Crippen LogP contribution in [0.5, 0.6) is 0 Å². The van der Waals surface area contributed by atoms with Crippen LogP contribution in [0, 0.1) is 5.92 Å². The summed E-state index contributed by atoms with van der Waals surface area (Å²) in [6.45, 7) is 10.5. The Morgan fingerprint density at radius 3 is 2.72 bits per heavy atom. The largest absolute Gasteiger partial charge is 0.355 e. The fraction of sp³-hybridized carbons (Fsp3) is 0.533. The van der Waals surface area contributed by atoms with Crippen molar-refractivity contribution in [1.82, 2.24) is 5.32 Å². The molecule has 0 aromatic heterocycles. The van der Waals surface area contributed by atoms with Gasteiger partial charge in [0.2, 0.25) is 5.91 Å². The molecule has 102 valence electrons. The van der Waals surface area contributed by atoms with Gasteiger partial charge in [-0.25, -0.2) is 0 Å². The average molecular weight is 314 g/mol. The summed E-state index contributed by atoms with van der Waals surface area (Å²) in [7, 11) is 0. The second-order valence-corrected chi connectivity index (χ2v) is 4.99. The van der Waals surface area contributed by atoms with E-state index < -0.39 is 0 Å². The molecule has 1 heterocycles. The molecule has 1 fully saturated rings. The summed E-state index contributed by atoms with van der Waals surface area (Å²) in [6, 6.07) is 0. The molecule has 3 heteroatoms. The second-order valence-electron chi connectivity index (χ2n) is 3.88. The van der Waals surface area contributed by atoms with Gasteiger partial charge in [0, 0.05) is 6.54 Å². The highest BCUT2D eigenvalue weighted by Gasteiger charge is 2.25. The van der Waals surface area contributed by atoms with Crippen molar-refractivity contribution in [2.45, 2.75) is 38.4 Å².